The van der Waals surface area contributed by atoms with Gasteiger partial charge in [-0.3, -0.25) is 4.90 Å². The summed E-state index contributed by atoms with van der Waals surface area (Å²) in [5.41, 5.74) is 2.90. The summed E-state index contributed by atoms with van der Waals surface area (Å²) in [5, 5.41) is 3.60. The van der Waals surface area contributed by atoms with Crippen LogP contribution in [0.3, 0.4) is 0 Å². The Morgan fingerprint density at radius 2 is 1.90 bits per heavy atom. The van der Waals surface area contributed by atoms with Crippen molar-refractivity contribution in [3.63, 3.8) is 0 Å². The number of likely N-dealkylation sites (tertiary alicyclic amines) is 1. The summed E-state index contributed by atoms with van der Waals surface area (Å²) >= 11 is 0. The molecule has 1 aromatic carbocycles. The second-order valence-corrected chi connectivity index (χ2v) is 6.84. The first-order valence-corrected chi connectivity index (χ1v) is 8.66. The van der Waals surface area contributed by atoms with Gasteiger partial charge >= 0.3 is 0 Å². The topological polar surface area (TPSA) is 15.3 Å². The van der Waals surface area contributed by atoms with Gasteiger partial charge in [0, 0.05) is 18.6 Å². The van der Waals surface area contributed by atoms with Crippen molar-refractivity contribution < 1.29 is 0 Å². The van der Waals surface area contributed by atoms with E-state index in [4.69, 9.17) is 0 Å². The Hall–Kier alpha value is -0.860. The van der Waals surface area contributed by atoms with Gasteiger partial charge < -0.3 is 5.32 Å². The molecule has 21 heavy (non-hydrogen) atoms. The lowest BCUT2D eigenvalue weighted by atomic mass is 9.94. The van der Waals surface area contributed by atoms with Crippen molar-refractivity contribution in [1.82, 2.24) is 10.2 Å². The van der Waals surface area contributed by atoms with Gasteiger partial charge in [0.05, 0.1) is 0 Å². The lowest BCUT2D eigenvalue weighted by Gasteiger charge is -2.37. The third-order valence-electron chi connectivity index (χ3n) is 4.78. The minimum Gasteiger partial charge on any atom is -0.314 e. The number of hydrogen-bond acceptors (Lipinski definition) is 2. The Morgan fingerprint density at radius 1 is 1.19 bits per heavy atom. The van der Waals surface area contributed by atoms with Crippen LogP contribution in [0.5, 0.6) is 0 Å². The molecule has 1 fully saturated rings. The van der Waals surface area contributed by atoms with Crippen molar-refractivity contribution in [3.8, 4) is 0 Å². The summed E-state index contributed by atoms with van der Waals surface area (Å²) in [6.07, 6.45) is 3.83. The molecule has 0 aliphatic carbocycles. The first-order chi connectivity index (χ1) is 10.1. The molecule has 1 aliphatic heterocycles. The van der Waals surface area contributed by atoms with E-state index in [1.54, 1.807) is 0 Å². The van der Waals surface area contributed by atoms with Gasteiger partial charge in [0.15, 0.2) is 0 Å². The third-order valence-corrected chi connectivity index (χ3v) is 4.78. The standard InChI is InChI=1S/C19H32N2/c1-5-17-8-10-19(11-9-17)16(4)21-12-6-7-18(14-21)13-20-15(2)3/h8-11,15-16,18,20H,5-7,12-14H2,1-4H3. The SMILES string of the molecule is CCc1ccc(C(C)N2CCCC(CNC(C)C)C2)cc1. The minimum atomic E-state index is 0.540. The first-order valence-electron chi connectivity index (χ1n) is 8.66. The number of nitrogens with one attached hydrogen (secondary N) is 1. The molecule has 1 heterocycles. The fourth-order valence-corrected chi connectivity index (χ4v) is 3.26. The van der Waals surface area contributed by atoms with Gasteiger partial charge in [-0.1, -0.05) is 45.0 Å². The third kappa shape index (κ3) is 4.82. The molecule has 0 aromatic heterocycles. The zero-order chi connectivity index (χ0) is 15.2. The van der Waals surface area contributed by atoms with Crippen molar-refractivity contribution in [1.29, 1.82) is 0 Å². The summed E-state index contributed by atoms with van der Waals surface area (Å²) in [6.45, 7) is 12.7. The fraction of sp³-hybridized carbons (Fsp3) is 0.684. The number of aryl methyl sites for hydroxylation is 1. The Morgan fingerprint density at radius 3 is 2.52 bits per heavy atom. The molecule has 118 valence electrons. The highest BCUT2D eigenvalue weighted by Crippen LogP contribution is 2.26. The summed E-state index contributed by atoms with van der Waals surface area (Å²) in [6, 6.07) is 10.3. The van der Waals surface area contributed by atoms with Crippen LogP contribution >= 0.6 is 0 Å². The van der Waals surface area contributed by atoms with E-state index >= 15 is 0 Å². The summed E-state index contributed by atoms with van der Waals surface area (Å²) in [7, 11) is 0. The van der Waals surface area contributed by atoms with E-state index in [1.807, 2.05) is 0 Å². The van der Waals surface area contributed by atoms with E-state index in [1.165, 1.54) is 37.1 Å². The molecule has 2 unspecified atom stereocenters. The lowest BCUT2D eigenvalue weighted by molar-refractivity contribution is 0.129. The number of hydrogen-bond donors (Lipinski definition) is 1. The first kappa shape index (κ1) is 16.5. The Bertz CT molecular complexity index is 410. The number of piperidine rings is 1. The van der Waals surface area contributed by atoms with E-state index < -0.39 is 0 Å². The average molecular weight is 288 g/mol. The van der Waals surface area contributed by atoms with Crippen molar-refractivity contribution in [2.45, 2.75) is 59.0 Å². The van der Waals surface area contributed by atoms with Crippen LogP contribution in [0.15, 0.2) is 24.3 Å². The van der Waals surface area contributed by atoms with E-state index in [0.29, 0.717) is 12.1 Å². The zero-order valence-electron chi connectivity index (χ0n) is 14.2. The van der Waals surface area contributed by atoms with Gasteiger partial charge in [-0.2, -0.15) is 0 Å². The largest absolute Gasteiger partial charge is 0.314 e. The van der Waals surface area contributed by atoms with Gasteiger partial charge in [-0.25, -0.2) is 0 Å². The zero-order valence-corrected chi connectivity index (χ0v) is 14.2. The maximum Gasteiger partial charge on any atom is 0.0320 e. The van der Waals surface area contributed by atoms with Crippen LogP contribution in [0.4, 0.5) is 0 Å². The average Bonchev–Trinajstić information content (AvgIpc) is 2.52. The second kappa shape index (κ2) is 7.95. The molecule has 0 amide bonds. The fourth-order valence-electron chi connectivity index (χ4n) is 3.26. The predicted molar refractivity (Wildman–Crippen MR) is 91.7 cm³/mol. The Labute approximate surface area is 130 Å². The van der Waals surface area contributed by atoms with E-state index in [0.717, 1.165) is 18.9 Å². The molecule has 0 spiro atoms. The highest BCUT2D eigenvalue weighted by molar-refractivity contribution is 5.24. The van der Waals surface area contributed by atoms with Gasteiger partial charge in [0.2, 0.25) is 0 Å². The molecule has 1 saturated heterocycles. The molecule has 1 N–H and O–H groups in total. The highest BCUT2D eigenvalue weighted by Gasteiger charge is 2.24. The Balaban J connectivity index is 1.92. The molecule has 1 aromatic rings. The predicted octanol–water partition coefficient (Wildman–Crippen LogP) is 4.02. The van der Waals surface area contributed by atoms with E-state index in [9.17, 15) is 0 Å². The van der Waals surface area contributed by atoms with E-state index in [-0.39, 0.29) is 0 Å². The van der Waals surface area contributed by atoms with Crippen LogP contribution < -0.4 is 5.32 Å². The van der Waals surface area contributed by atoms with Gasteiger partial charge in [0.25, 0.3) is 0 Å². The van der Waals surface area contributed by atoms with Gasteiger partial charge in [-0.05, 0) is 56.3 Å². The maximum absolute atomic E-state index is 3.60. The lowest BCUT2D eigenvalue weighted by Crippen LogP contribution is -2.41. The number of benzene rings is 1. The monoisotopic (exact) mass is 288 g/mol. The highest BCUT2D eigenvalue weighted by atomic mass is 15.2. The van der Waals surface area contributed by atoms with Crippen LogP contribution in [0.2, 0.25) is 0 Å². The summed E-state index contributed by atoms with van der Waals surface area (Å²) in [4.78, 5) is 2.66. The molecule has 1 aliphatic rings. The minimum absolute atomic E-state index is 0.540. The molecular weight excluding hydrogens is 256 g/mol. The van der Waals surface area contributed by atoms with Crippen molar-refractivity contribution in [3.05, 3.63) is 35.4 Å². The normalized spacial score (nSPS) is 21.7. The van der Waals surface area contributed by atoms with Crippen LogP contribution in [0.25, 0.3) is 0 Å². The summed E-state index contributed by atoms with van der Waals surface area (Å²) < 4.78 is 0. The van der Waals surface area contributed by atoms with Crippen molar-refractivity contribution >= 4 is 0 Å². The molecule has 0 bridgehead atoms. The van der Waals surface area contributed by atoms with Crippen LogP contribution in [-0.2, 0) is 6.42 Å². The molecule has 2 atom stereocenters. The molecule has 0 radical (unpaired) electrons. The van der Waals surface area contributed by atoms with Crippen molar-refractivity contribution in [2.75, 3.05) is 19.6 Å². The van der Waals surface area contributed by atoms with Crippen molar-refractivity contribution in [2.24, 2.45) is 5.92 Å². The summed E-state index contributed by atoms with van der Waals surface area (Å²) in [5.74, 6) is 0.804. The van der Waals surface area contributed by atoms with E-state index in [2.05, 4.69) is 62.2 Å². The smallest absolute Gasteiger partial charge is 0.0320 e. The number of rotatable bonds is 6. The number of nitrogens with zero attached hydrogens (tertiary/aromatic N) is 1. The van der Waals surface area contributed by atoms with Crippen LogP contribution in [0, 0.1) is 5.92 Å². The van der Waals surface area contributed by atoms with Crippen LogP contribution in [0.1, 0.15) is 57.7 Å². The van der Waals surface area contributed by atoms with Gasteiger partial charge in [-0.15, -0.1) is 0 Å². The van der Waals surface area contributed by atoms with Gasteiger partial charge in [0.1, 0.15) is 0 Å². The quantitative estimate of drug-likeness (QED) is 0.850. The molecular formula is C19H32N2. The molecule has 2 nitrogen and oxygen atoms in total. The molecule has 2 heteroatoms. The Kier molecular flexibility index (Phi) is 6.25. The molecule has 0 saturated carbocycles. The second-order valence-electron chi connectivity index (χ2n) is 6.84. The molecule has 2 rings (SSSR count). The maximum atomic E-state index is 3.60. The van der Waals surface area contributed by atoms with Crippen LogP contribution in [-0.4, -0.2) is 30.6 Å².